The summed E-state index contributed by atoms with van der Waals surface area (Å²) in [6, 6.07) is 12.2. The number of rotatable bonds is 9. The number of carbonyl (C=O) groups is 1. The molecule has 2 aromatic rings. The van der Waals surface area contributed by atoms with Crippen molar-refractivity contribution in [3.05, 3.63) is 58.2 Å². The topological polar surface area (TPSA) is 63.2 Å². The van der Waals surface area contributed by atoms with Gasteiger partial charge in [-0.1, -0.05) is 54.9 Å². The number of aromatic nitrogens is 1. The molecule has 0 aliphatic carbocycles. The molecule has 0 saturated carbocycles. The number of carbonyl (C=O) groups excluding carboxylic acids is 1. The molecule has 0 aliphatic heterocycles. The Balaban J connectivity index is 2.06. The first kappa shape index (κ1) is 24.7. The van der Waals surface area contributed by atoms with E-state index >= 15 is 0 Å². The molecule has 5 nitrogen and oxygen atoms in total. The number of hydrogen-bond acceptors (Lipinski definition) is 4. The maximum absolute atomic E-state index is 11.3. The molecule has 1 amide bonds. The Morgan fingerprint density at radius 3 is 2.37 bits per heavy atom. The number of nitrogens with one attached hydrogen (secondary N) is 2. The standard InChI is InChI=1S/C23H34BrN3O2Si/c1-17(28)27-22-12-9-19(15-26-22)21(29-30(5,6)23(2,3)4)16-25-14-13-18-7-10-20(24)11-8-18/h7-12,15,21,25H,13-14,16H2,1-6H3,(H,26,27,28). The minimum Gasteiger partial charge on any atom is -0.409 e. The summed E-state index contributed by atoms with van der Waals surface area (Å²) in [5.41, 5.74) is 2.32. The summed E-state index contributed by atoms with van der Waals surface area (Å²) < 4.78 is 7.81. The van der Waals surface area contributed by atoms with E-state index in [1.807, 2.05) is 12.1 Å². The Morgan fingerprint density at radius 1 is 1.17 bits per heavy atom. The molecule has 2 rings (SSSR count). The largest absolute Gasteiger partial charge is 0.409 e. The quantitative estimate of drug-likeness (QED) is 0.348. The lowest BCUT2D eigenvalue weighted by Crippen LogP contribution is -2.43. The molecule has 0 bridgehead atoms. The zero-order valence-electron chi connectivity index (χ0n) is 18.9. The van der Waals surface area contributed by atoms with Crippen LogP contribution in [0.1, 0.15) is 44.9 Å². The molecule has 0 radical (unpaired) electrons. The Morgan fingerprint density at radius 2 is 1.83 bits per heavy atom. The third kappa shape index (κ3) is 7.61. The van der Waals surface area contributed by atoms with Crippen LogP contribution in [0.15, 0.2) is 47.1 Å². The lowest BCUT2D eigenvalue weighted by Gasteiger charge is -2.39. The van der Waals surface area contributed by atoms with E-state index in [4.69, 9.17) is 4.43 Å². The number of benzene rings is 1. The van der Waals surface area contributed by atoms with Crippen molar-refractivity contribution < 1.29 is 9.22 Å². The fourth-order valence-electron chi connectivity index (χ4n) is 2.73. The van der Waals surface area contributed by atoms with E-state index in [0.717, 1.165) is 23.0 Å². The maximum Gasteiger partial charge on any atom is 0.222 e. The van der Waals surface area contributed by atoms with Crippen molar-refractivity contribution in [1.29, 1.82) is 0 Å². The second kappa shape index (κ2) is 10.7. The molecule has 164 valence electrons. The SMILES string of the molecule is CC(=O)Nc1ccc(C(CNCCc2ccc(Br)cc2)O[Si](C)(C)C(C)(C)C)cn1. The molecule has 2 N–H and O–H groups in total. The number of pyridine rings is 1. The van der Waals surface area contributed by atoms with Crippen LogP contribution in [0.3, 0.4) is 0 Å². The van der Waals surface area contributed by atoms with Gasteiger partial charge >= 0.3 is 0 Å². The predicted octanol–water partition coefficient (Wildman–Crippen LogP) is 5.70. The summed E-state index contributed by atoms with van der Waals surface area (Å²) in [7, 11) is -1.96. The average molecular weight is 493 g/mol. The van der Waals surface area contributed by atoms with Gasteiger partial charge in [0.05, 0.1) is 6.10 Å². The van der Waals surface area contributed by atoms with Gasteiger partial charge in [-0.25, -0.2) is 4.98 Å². The van der Waals surface area contributed by atoms with Gasteiger partial charge < -0.3 is 15.1 Å². The fraction of sp³-hybridized carbons (Fsp3) is 0.478. The summed E-state index contributed by atoms with van der Waals surface area (Å²) in [6.07, 6.45) is 2.67. The Kier molecular flexibility index (Phi) is 8.79. The van der Waals surface area contributed by atoms with Crippen LogP contribution in [0.2, 0.25) is 18.1 Å². The van der Waals surface area contributed by atoms with E-state index in [0.29, 0.717) is 12.4 Å². The highest BCUT2D eigenvalue weighted by molar-refractivity contribution is 9.10. The molecule has 1 aromatic carbocycles. The van der Waals surface area contributed by atoms with Crippen LogP contribution < -0.4 is 10.6 Å². The number of anilines is 1. The fourth-order valence-corrected chi connectivity index (χ4v) is 4.28. The number of halogens is 1. The van der Waals surface area contributed by atoms with Gasteiger partial charge in [0.2, 0.25) is 5.91 Å². The van der Waals surface area contributed by atoms with Gasteiger partial charge in [-0.15, -0.1) is 0 Å². The second-order valence-electron chi connectivity index (χ2n) is 9.11. The van der Waals surface area contributed by atoms with Crippen LogP contribution in [0.5, 0.6) is 0 Å². The van der Waals surface area contributed by atoms with Crippen LogP contribution in [0.4, 0.5) is 5.82 Å². The monoisotopic (exact) mass is 491 g/mol. The molecule has 0 spiro atoms. The molecule has 1 heterocycles. The summed E-state index contributed by atoms with van der Waals surface area (Å²) in [5, 5.41) is 6.39. The van der Waals surface area contributed by atoms with Gasteiger partial charge in [0.15, 0.2) is 8.32 Å². The van der Waals surface area contributed by atoms with Crippen LogP contribution in [0.25, 0.3) is 0 Å². The van der Waals surface area contributed by atoms with Crippen molar-refractivity contribution >= 4 is 36.0 Å². The minimum atomic E-state index is -1.96. The van der Waals surface area contributed by atoms with Crippen molar-refractivity contribution in [2.24, 2.45) is 0 Å². The van der Waals surface area contributed by atoms with Gasteiger partial charge in [-0.2, -0.15) is 0 Å². The molecule has 30 heavy (non-hydrogen) atoms. The molecule has 0 fully saturated rings. The highest BCUT2D eigenvalue weighted by Gasteiger charge is 2.39. The summed E-state index contributed by atoms with van der Waals surface area (Å²) in [4.78, 5) is 15.6. The lowest BCUT2D eigenvalue weighted by atomic mass is 10.1. The van der Waals surface area contributed by atoms with Gasteiger partial charge in [-0.3, -0.25) is 4.79 Å². The molecule has 7 heteroatoms. The van der Waals surface area contributed by atoms with E-state index in [2.05, 4.69) is 89.7 Å². The molecule has 0 saturated heterocycles. The molecule has 1 unspecified atom stereocenters. The Labute approximate surface area is 190 Å². The van der Waals surface area contributed by atoms with Crippen molar-refractivity contribution in [1.82, 2.24) is 10.3 Å². The van der Waals surface area contributed by atoms with Gasteiger partial charge in [0.25, 0.3) is 0 Å². The van der Waals surface area contributed by atoms with Crippen molar-refractivity contribution in [3.63, 3.8) is 0 Å². The number of hydrogen-bond donors (Lipinski definition) is 2. The summed E-state index contributed by atoms with van der Waals surface area (Å²) >= 11 is 3.48. The zero-order valence-corrected chi connectivity index (χ0v) is 21.5. The molecule has 1 atom stereocenters. The van der Waals surface area contributed by atoms with Crippen LogP contribution >= 0.6 is 15.9 Å². The second-order valence-corrected chi connectivity index (χ2v) is 14.8. The normalized spacial score (nSPS) is 13.2. The van der Waals surface area contributed by atoms with Crippen molar-refractivity contribution in [2.45, 2.75) is 58.4 Å². The third-order valence-electron chi connectivity index (χ3n) is 5.54. The average Bonchev–Trinajstić information content (AvgIpc) is 2.65. The third-order valence-corrected chi connectivity index (χ3v) is 10.6. The zero-order chi connectivity index (χ0) is 22.4. The van der Waals surface area contributed by atoms with E-state index in [1.54, 1.807) is 6.20 Å². The number of amides is 1. The smallest absolute Gasteiger partial charge is 0.222 e. The predicted molar refractivity (Wildman–Crippen MR) is 130 cm³/mol. The maximum atomic E-state index is 11.3. The molecular formula is C23H34BrN3O2Si. The van der Waals surface area contributed by atoms with Crippen molar-refractivity contribution in [2.75, 3.05) is 18.4 Å². The van der Waals surface area contributed by atoms with E-state index in [9.17, 15) is 4.79 Å². The first-order valence-electron chi connectivity index (χ1n) is 10.3. The first-order valence-corrected chi connectivity index (χ1v) is 14.0. The van der Waals surface area contributed by atoms with Gasteiger partial charge in [0.1, 0.15) is 5.82 Å². The first-order chi connectivity index (χ1) is 14.0. The summed E-state index contributed by atoms with van der Waals surface area (Å²) in [6.45, 7) is 14.3. The molecular weight excluding hydrogens is 458 g/mol. The summed E-state index contributed by atoms with van der Waals surface area (Å²) in [5.74, 6) is 0.430. The Hall–Kier alpha value is -1.54. The Bertz CT molecular complexity index is 818. The van der Waals surface area contributed by atoms with Crippen LogP contribution in [0, 0.1) is 0 Å². The van der Waals surface area contributed by atoms with Gasteiger partial charge in [-0.05, 0) is 60.4 Å². The van der Waals surface area contributed by atoms with E-state index in [-0.39, 0.29) is 17.0 Å². The molecule has 0 aliphatic rings. The minimum absolute atomic E-state index is 0.0883. The van der Waals surface area contributed by atoms with Crippen molar-refractivity contribution in [3.8, 4) is 0 Å². The number of nitrogens with zero attached hydrogens (tertiary/aromatic N) is 1. The van der Waals surface area contributed by atoms with E-state index < -0.39 is 8.32 Å². The highest BCUT2D eigenvalue weighted by Crippen LogP contribution is 2.39. The highest BCUT2D eigenvalue weighted by atomic mass is 79.9. The van der Waals surface area contributed by atoms with Crippen LogP contribution in [-0.2, 0) is 15.6 Å². The molecule has 1 aromatic heterocycles. The van der Waals surface area contributed by atoms with E-state index in [1.165, 1.54) is 12.5 Å². The van der Waals surface area contributed by atoms with Gasteiger partial charge in [0, 0.05) is 24.1 Å². The lowest BCUT2D eigenvalue weighted by molar-refractivity contribution is -0.114. The van der Waals surface area contributed by atoms with Crippen LogP contribution in [-0.4, -0.2) is 32.3 Å².